The molecular formula is C26H30N4O3S2. The van der Waals surface area contributed by atoms with Gasteiger partial charge in [-0.1, -0.05) is 60.7 Å². The molecule has 0 bridgehead atoms. The Morgan fingerprint density at radius 1 is 0.686 bits per heavy atom. The normalized spacial score (nSPS) is 25.0. The van der Waals surface area contributed by atoms with Gasteiger partial charge in [0.15, 0.2) is 10.9 Å². The van der Waals surface area contributed by atoms with Crippen LogP contribution in [0.4, 0.5) is 11.4 Å². The van der Waals surface area contributed by atoms with E-state index in [4.69, 9.17) is 36.0 Å². The maximum absolute atomic E-state index is 6.48. The van der Waals surface area contributed by atoms with Gasteiger partial charge >= 0.3 is 0 Å². The third-order valence-electron chi connectivity index (χ3n) is 5.40. The standard InChI is InChI=1S/C26H30N4O3S2/c27-21-11-7-9-19(17-21)23(31-25(29)13-3-1-4-14-25)34-33-35-24(20-10-8-12-22(28)18-20)32-26(30)15-5-2-6-16-26/h1-13,15,17-18,23-24H,14,16,27-30H2. The average Bonchev–Trinajstić information content (AvgIpc) is 2.83. The maximum atomic E-state index is 6.48. The lowest BCUT2D eigenvalue weighted by molar-refractivity contribution is -0.0233. The molecule has 2 aromatic carbocycles. The molecule has 35 heavy (non-hydrogen) atoms. The van der Waals surface area contributed by atoms with E-state index in [1.54, 1.807) is 0 Å². The Hall–Kier alpha value is -2.50. The van der Waals surface area contributed by atoms with Crippen LogP contribution in [0.2, 0.25) is 0 Å². The minimum absolute atomic E-state index is 0.542. The molecule has 0 radical (unpaired) electrons. The van der Waals surface area contributed by atoms with Crippen molar-refractivity contribution in [2.75, 3.05) is 11.5 Å². The van der Waals surface area contributed by atoms with Crippen LogP contribution in [0.1, 0.15) is 34.8 Å². The van der Waals surface area contributed by atoms with Gasteiger partial charge < -0.3 is 20.9 Å². The molecule has 184 valence electrons. The molecule has 8 N–H and O–H groups in total. The summed E-state index contributed by atoms with van der Waals surface area (Å²) >= 11 is 2.25. The number of nitrogen functional groups attached to an aromatic ring is 2. The van der Waals surface area contributed by atoms with Crippen molar-refractivity contribution in [2.24, 2.45) is 11.5 Å². The minimum atomic E-state index is -0.963. The summed E-state index contributed by atoms with van der Waals surface area (Å²) in [6, 6.07) is 14.9. The number of hydrogen-bond acceptors (Lipinski definition) is 9. The summed E-state index contributed by atoms with van der Waals surface area (Å²) in [6.45, 7) is 0. The highest BCUT2D eigenvalue weighted by Gasteiger charge is 2.32. The van der Waals surface area contributed by atoms with Crippen molar-refractivity contribution in [2.45, 2.75) is 35.2 Å². The molecule has 9 heteroatoms. The summed E-state index contributed by atoms with van der Waals surface area (Å²) in [4.78, 5) is 0. The van der Waals surface area contributed by atoms with Crippen LogP contribution in [-0.2, 0) is 13.1 Å². The zero-order valence-corrected chi connectivity index (χ0v) is 20.8. The Morgan fingerprint density at radius 3 is 1.51 bits per heavy atom. The summed E-state index contributed by atoms with van der Waals surface area (Å²) in [7, 11) is 0. The van der Waals surface area contributed by atoms with E-state index in [2.05, 4.69) is 0 Å². The van der Waals surface area contributed by atoms with Crippen molar-refractivity contribution in [1.82, 2.24) is 0 Å². The molecule has 0 saturated carbocycles. The van der Waals surface area contributed by atoms with Gasteiger partial charge in [0, 0.05) is 48.3 Å². The fourth-order valence-electron chi connectivity index (χ4n) is 3.60. The third kappa shape index (κ3) is 7.25. The van der Waals surface area contributed by atoms with Crippen LogP contribution in [0.3, 0.4) is 0 Å². The second-order valence-corrected chi connectivity index (χ2v) is 10.2. The van der Waals surface area contributed by atoms with Crippen LogP contribution in [-0.4, -0.2) is 11.4 Å². The smallest absolute Gasteiger partial charge is 0.157 e. The lowest BCUT2D eigenvalue weighted by Crippen LogP contribution is -2.41. The zero-order chi connectivity index (χ0) is 24.7. The van der Waals surface area contributed by atoms with E-state index in [1.807, 2.05) is 97.1 Å². The molecule has 7 nitrogen and oxygen atoms in total. The number of benzene rings is 2. The molecule has 0 spiro atoms. The summed E-state index contributed by atoms with van der Waals surface area (Å²) in [6.07, 6.45) is 16.3. The Morgan fingerprint density at radius 2 is 1.14 bits per heavy atom. The van der Waals surface area contributed by atoms with Crippen LogP contribution in [0, 0.1) is 0 Å². The molecule has 0 aromatic heterocycles. The molecule has 0 saturated heterocycles. The lowest BCUT2D eigenvalue weighted by Gasteiger charge is -2.32. The summed E-state index contributed by atoms with van der Waals surface area (Å²) in [5, 5.41) is 0. The van der Waals surface area contributed by atoms with Crippen molar-refractivity contribution >= 4 is 35.5 Å². The van der Waals surface area contributed by atoms with Crippen LogP contribution in [0.25, 0.3) is 0 Å². The van der Waals surface area contributed by atoms with Crippen LogP contribution < -0.4 is 22.9 Å². The van der Waals surface area contributed by atoms with Gasteiger partial charge in [-0.15, -0.1) is 0 Å². The van der Waals surface area contributed by atoms with Crippen molar-refractivity contribution < 1.29 is 13.1 Å². The van der Waals surface area contributed by atoms with Gasteiger partial charge in [0.1, 0.15) is 11.4 Å². The van der Waals surface area contributed by atoms with Gasteiger partial charge in [0.05, 0.1) is 0 Å². The first-order valence-electron chi connectivity index (χ1n) is 11.2. The van der Waals surface area contributed by atoms with E-state index in [0.29, 0.717) is 24.2 Å². The van der Waals surface area contributed by atoms with E-state index in [1.165, 1.54) is 0 Å². The molecule has 0 heterocycles. The molecular weight excluding hydrogens is 480 g/mol. The second-order valence-electron chi connectivity index (χ2n) is 8.39. The number of rotatable bonds is 10. The molecule has 0 aliphatic heterocycles. The molecule has 2 aromatic rings. The van der Waals surface area contributed by atoms with E-state index in [0.717, 1.165) is 35.2 Å². The molecule has 0 amide bonds. The third-order valence-corrected chi connectivity index (χ3v) is 7.11. The van der Waals surface area contributed by atoms with Crippen molar-refractivity contribution in [1.29, 1.82) is 0 Å². The minimum Gasteiger partial charge on any atom is -0.399 e. The van der Waals surface area contributed by atoms with E-state index in [-0.39, 0.29) is 0 Å². The number of ether oxygens (including phenoxy) is 2. The Kier molecular flexibility index (Phi) is 8.40. The van der Waals surface area contributed by atoms with Gasteiger partial charge in [-0.25, -0.2) is 3.63 Å². The fraction of sp³-hybridized carbons (Fsp3) is 0.231. The van der Waals surface area contributed by atoms with Crippen molar-refractivity contribution in [3.8, 4) is 0 Å². The molecule has 2 aliphatic carbocycles. The monoisotopic (exact) mass is 510 g/mol. The molecule has 4 atom stereocenters. The van der Waals surface area contributed by atoms with E-state index < -0.39 is 22.3 Å². The quantitative estimate of drug-likeness (QED) is 0.192. The van der Waals surface area contributed by atoms with Crippen LogP contribution in [0.15, 0.2) is 97.1 Å². The zero-order valence-electron chi connectivity index (χ0n) is 19.2. The molecule has 2 aliphatic rings. The summed E-state index contributed by atoms with van der Waals surface area (Å²) in [5.41, 5.74) is 24.9. The van der Waals surface area contributed by atoms with Gasteiger partial charge in [-0.2, -0.15) is 0 Å². The predicted octanol–water partition coefficient (Wildman–Crippen LogP) is 5.24. The van der Waals surface area contributed by atoms with Crippen molar-refractivity contribution in [3.05, 3.63) is 108 Å². The van der Waals surface area contributed by atoms with Gasteiger partial charge in [0.2, 0.25) is 0 Å². The summed E-state index contributed by atoms with van der Waals surface area (Å²) < 4.78 is 18.6. The van der Waals surface area contributed by atoms with E-state index >= 15 is 0 Å². The highest BCUT2D eigenvalue weighted by molar-refractivity contribution is 8.07. The second kappa shape index (κ2) is 11.5. The number of hydrogen-bond donors (Lipinski definition) is 4. The van der Waals surface area contributed by atoms with Gasteiger partial charge in [-0.3, -0.25) is 11.5 Å². The first kappa shape index (κ1) is 25.6. The predicted molar refractivity (Wildman–Crippen MR) is 145 cm³/mol. The lowest BCUT2D eigenvalue weighted by atomic mass is 10.1. The highest BCUT2D eigenvalue weighted by atomic mass is 32.2. The summed E-state index contributed by atoms with van der Waals surface area (Å²) in [5.74, 6) is 0. The maximum Gasteiger partial charge on any atom is 0.157 e. The highest BCUT2D eigenvalue weighted by Crippen LogP contribution is 2.43. The Labute approximate surface area is 214 Å². The number of nitrogens with two attached hydrogens (primary N) is 4. The first-order chi connectivity index (χ1) is 16.8. The largest absolute Gasteiger partial charge is 0.399 e. The van der Waals surface area contributed by atoms with E-state index in [9.17, 15) is 0 Å². The molecule has 4 unspecified atom stereocenters. The van der Waals surface area contributed by atoms with Gasteiger partial charge in [0.25, 0.3) is 0 Å². The van der Waals surface area contributed by atoms with Crippen molar-refractivity contribution in [3.63, 3.8) is 0 Å². The molecule has 4 rings (SSSR count). The first-order valence-corrected chi connectivity index (χ1v) is 12.8. The Balaban J connectivity index is 1.50. The number of allylic oxidation sites excluding steroid dienone is 4. The average molecular weight is 511 g/mol. The molecule has 0 fully saturated rings. The SMILES string of the molecule is Nc1cccc(C(OC2(N)C=CC=CC2)SOSC(OC2(N)C=CC=CC2)c2cccc(N)c2)c1. The fourth-order valence-corrected chi connectivity index (χ4v) is 5.30. The van der Waals surface area contributed by atoms with Crippen LogP contribution >= 0.6 is 24.1 Å². The number of anilines is 2. The van der Waals surface area contributed by atoms with Gasteiger partial charge in [-0.05, 0) is 47.5 Å². The van der Waals surface area contributed by atoms with Crippen LogP contribution in [0.5, 0.6) is 0 Å². The topological polar surface area (TPSA) is 132 Å². The Bertz CT molecular complexity index is 1050.